The van der Waals surface area contributed by atoms with Crippen LogP contribution in [-0.2, 0) is 4.74 Å². The van der Waals surface area contributed by atoms with E-state index < -0.39 is 0 Å². The van der Waals surface area contributed by atoms with Crippen molar-refractivity contribution in [3.63, 3.8) is 0 Å². The van der Waals surface area contributed by atoms with Crippen LogP contribution in [0.25, 0.3) is 0 Å². The van der Waals surface area contributed by atoms with Crippen molar-refractivity contribution >= 4 is 10.2 Å². The number of rotatable bonds is 2. The van der Waals surface area contributed by atoms with Crippen molar-refractivity contribution in [1.82, 2.24) is 0 Å². The second-order valence-electron chi connectivity index (χ2n) is 5.07. The van der Waals surface area contributed by atoms with Crippen LogP contribution in [-0.4, -0.2) is 22.5 Å². The van der Waals surface area contributed by atoms with Gasteiger partial charge in [0.05, 0.1) is 12.2 Å². The van der Waals surface area contributed by atoms with Gasteiger partial charge in [-0.05, 0) is 30.6 Å². The Morgan fingerprint density at radius 1 is 1.33 bits per heavy atom. The van der Waals surface area contributed by atoms with Crippen molar-refractivity contribution in [3.8, 4) is 0 Å². The standard InChI is InChI=1S/C10H20OSi/c1-10(2,6-12)7-3-4-8-9(5-7)11-8/h7-9H,3-6H2,1-2,12H3. The fourth-order valence-corrected chi connectivity index (χ4v) is 2.98. The molecule has 0 radical (unpaired) electrons. The van der Waals surface area contributed by atoms with Gasteiger partial charge in [-0.3, -0.25) is 0 Å². The van der Waals surface area contributed by atoms with Crippen molar-refractivity contribution in [1.29, 1.82) is 0 Å². The number of ether oxygens (including phenoxy) is 1. The Hall–Kier alpha value is 0.177. The summed E-state index contributed by atoms with van der Waals surface area (Å²) in [6.07, 6.45) is 5.43. The van der Waals surface area contributed by atoms with Crippen LogP contribution in [0.2, 0.25) is 6.04 Å². The third kappa shape index (κ3) is 1.47. The number of epoxide rings is 1. The van der Waals surface area contributed by atoms with Crippen LogP contribution in [0.4, 0.5) is 0 Å². The smallest absolute Gasteiger partial charge is 0.0844 e. The van der Waals surface area contributed by atoms with Gasteiger partial charge >= 0.3 is 0 Å². The largest absolute Gasteiger partial charge is 0.370 e. The second kappa shape index (κ2) is 2.84. The fraction of sp³-hybridized carbons (Fsp3) is 1.00. The first-order chi connectivity index (χ1) is 5.63. The van der Waals surface area contributed by atoms with E-state index in [0.717, 1.165) is 5.92 Å². The Kier molecular flexibility index (Phi) is 2.08. The van der Waals surface area contributed by atoms with Crippen molar-refractivity contribution in [2.75, 3.05) is 0 Å². The van der Waals surface area contributed by atoms with Gasteiger partial charge in [0, 0.05) is 10.2 Å². The number of hydrogen-bond acceptors (Lipinski definition) is 1. The van der Waals surface area contributed by atoms with E-state index in [1.165, 1.54) is 35.5 Å². The molecule has 1 saturated heterocycles. The lowest BCUT2D eigenvalue weighted by Crippen LogP contribution is -2.28. The Labute approximate surface area is 78.3 Å². The average Bonchev–Trinajstić information content (AvgIpc) is 2.81. The lowest BCUT2D eigenvalue weighted by molar-refractivity contribution is 0.191. The lowest BCUT2D eigenvalue weighted by Gasteiger charge is -2.35. The van der Waals surface area contributed by atoms with Gasteiger partial charge in [0.25, 0.3) is 0 Å². The molecule has 3 unspecified atom stereocenters. The van der Waals surface area contributed by atoms with Crippen molar-refractivity contribution in [2.24, 2.45) is 11.3 Å². The van der Waals surface area contributed by atoms with Gasteiger partial charge < -0.3 is 4.74 Å². The van der Waals surface area contributed by atoms with E-state index in [1.54, 1.807) is 0 Å². The molecular formula is C10H20OSi. The van der Waals surface area contributed by atoms with Gasteiger partial charge in [0.15, 0.2) is 0 Å². The average molecular weight is 184 g/mol. The topological polar surface area (TPSA) is 12.5 Å². The van der Waals surface area contributed by atoms with E-state index in [0.29, 0.717) is 17.6 Å². The van der Waals surface area contributed by atoms with Crippen LogP contribution in [0.15, 0.2) is 0 Å². The molecular weight excluding hydrogens is 164 g/mol. The zero-order valence-electron chi connectivity index (χ0n) is 8.47. The third-order valence-corrected chi connectivity index (χ3v) is 5.84. The minimum atomic E-state index is 0.600. The first-order valence-electron chi connectivity index (χ1n) is 5.29. The highest BCUT2D eigenvalue weighted by Crippen LogP contribution is 2.47. The van der Waals surface area contributed by atoms with Crippen molar-refractivity contribution in [2.45, 2.75) is 51.4 Å². The normalized spacial score (nSPS) is 41.0. The summed E-state index contributed by atoms with van der Waals surface area (Å²) in [4.78, 5) is 0. The molecule has 0 N–H and O–H groups in total. The maximum atomic E-state index is 5.56. The fourth-order valence-electron chi connectivity index (χ4n) is 2.40. The highest BCUT2D eigenvalue weighted by Gasteiger charge is 2.46. The van der Waals surface area contributed by atoms with Crippen molar-refractivity contribution < 1.29 is 4.74 Å². The molecule has 2 heteroatoms. The molecule has 0 spiro atoms. The predicted molar refractivity (Wildman–Crippen MR) is 54.5 cm³/mol. The summed E-state index contributed by atoms with van der Waals surface area (Å²) in [7, 11) is 1.35. The van der Waals surface area contributed by atoms with E-state index in [9.17, 15) is 0 Å². The van der Waals surface area contributed by atoms with E-state index in [1.807, 2.05) is 0 Å². The third-order valence-electron chi connectivity index (χ3n) is 4.02. The van der Waals surface area contributed by atoms with E-state index >= 15 is 0 Å². The van der Waals surface area contributed by atoms with Gasteiger partial charge in [-0.2, -0.15) is 0 Å². The molecule has 0 aromatic heterocycles. The molecule has 12 heavy (non-hydrogen) atoms. The summed E-state index contributed by atoms with van der Waals surface area (Å²) in [5, 5.41) is 0. The molecule has 0 amide bonds. The minimum absolute atomic E-state index is 0.600. The van der Waals surface area contributed by atoms with Gasteiger partial charge in [-0.25, -0.2) is 0 Å². The second-order valence-corrected chi connectivity index (χ2v) is 5.77. The van der Waals surface area contributed by atoms with E-state index in [-0.39, 0.29) is 0 Å². The van der Waals surface area contributed by atoms with Crippen LogP contribution >= 0.6 is 0 Å². The Balaban J connectivity index is 1.95. The zero-order valence-corrected chi connectivity index (χ0v) is 10.5. The van der Waals surface area contributed by atoms with Crippen LogP contribution in [0.1, 0.15) is 33.1 Å². The maximum absolute atomic E-state index is 5.56. The molecule has 1 heterocycles. The van der Waals surface area contributed by atoms with Crippen LogP contribution in [0.5, 0.6) is 0 Å². The van der Waals surface area contributed by atoms with Gasteiger partial charge in [-0.1, -0.05) is 19.9 Å². The first kappa shape index (κ1) is 8.76. The summed E-state index contributed by atoms with van der Waals surface area (Å²) in [6.45, 7) is 4.88. The summed E-state index contributed by atoms with van der Waals surface area (Å²) in [5.74, 6) is 0.943. The van der Waals surface area contributed by atoms with Gasteiger partial charge in [-0.15, -0.1) is 0 Å². The molecule has 0 bridgehead atoms. The Morgan fingerprint density at radius 3 is 2.67 bits per heavy atom. The lowest BCUT2D eigenvalue weighted by atomic mass is 9.72. The molecule has 0 aromatic carbocycles. The van der Waals surface area contributed by atoms with Crippen molar-refractivity contribution in [3.05, 3.63) is 0 Å². The molecule has 0 aromatic rings. The molecule has 2 aliphatic rings. The molecule has 1 saturated carbocycles. The number of hydrogen-bond donors (Lipinski definition) is 0. The summed E-state index contributed by atoms with van der Waals surface area (Å²) < 4.78 is 5.56. The highest BCUT2D eigenvalue weighted by molar-refractivity contribution is 6.08. The molecule has 2 rings (SSSR count). The van der Waals surface area contributed by atoms with Gasteiger partial charge in [0.2, 0.25) is 0 Å². The first-order valence-corrected chi connectivity index (χ1v) is 6.70. The maximum Gasteiger partial charge on any atom is 0.0844 e. The molecule has 1 aliphatic carbocycles. The SMILES string of the molecule is CC(C)(C[SiH3])C1CCC2OC2C1. The molecule has 1 aliphatic heterocycles. The monoisotopic (exact) mass is 184 g/mol. The van der Waals surface area contributed by atoms with Crippen LogP contribution < -0.4 is 0 Å². The van der Waals surface area contributed by atoms with Crippen LogP contribution in [0.3, 0.4) is 0 Å². The minimum Gasteiger partial charge on any atom is -0.370 e. The van der Waals surface area contributed by atoms with Crippen LogP contribution in [0, 0.1) is 11.3 Å². The summed E-state index contributed by atoms with van der Waals surface area (Å²) in [6, 6.07) is 1.44. The zero-order chi connectivity index (χ0) is 8.77. The Morgan fingerprint density at radius 2 is 2.08 bits per heavy atom. The Bertz CT molecular complexity index is 179. The molecule has 70 valence electrons. The predicted octanol–water partition coefficient (Wildman–Crippen LogP) is 1.36. The quantitative estimate of drug-likeness (QED) is 0.466. The molecule has 3 atom stereocenters. The summed E-state index contributed by atoms with van der Waals surface area (Å²) in [5.41, 5.74) is 0.600. The summed E-state index contributed by atoms with van der Waals surface area (Å²) >= 11 is 0. The van der Waals surface area contributed by atoms with E-state index in [2.05, 4.69) is 13.8 Å². The van der Waals surface area contributed by atoms with E-state index in [4.69, 9.17) is 4.74 Å². The molecule has 1 nitrogen and oxygen atoms in total. The molecule has 2 fully saturated rings. The number of fused-ring (bicyclic) bond motifs is 1. The van der Waals surface area contributed by atoms with Gasteiger partial charge in [0.1, 0.15) is 0 Å². The highest BCUT2D eigenvalue weighted by atomic mass is 28.1.